The zero-order chi connectivity index (χ0) is 13.8. The topological polar surface area (TPSA) is 26.3 Å². The number of hydrogen-bond donors (Lipinski definition) is 0. The SMILES string of the molecule is CCCCCCCCCCOS(=O)c1ccccc1. The molecule has 0 aliphatic carbocycles. The molecule has 0 N–H and O–H groups in total. The van der Waals surface area contributed by atoms with Crippen molar-refractivity contribution in [2.75, 3.05) is 6.61 Å². The van der Waals surface area contributed by atoms with Crippen LogP contribution < -0.4 is 0 Å². The third-order valence-electron chi connectivity index (χ3n) is 3.12. The summed E-state index contributed by atoms with van der Waals surface area (Å²) < 4.78 is 17.1. The molecule has 0 aliphatic rings. The fourth-order valence-corrected chi connectivity index (χ4v) is 2.75. The van der Waals surface area contributed by atoms with Gasteiger partial charge in [0.1, 0.15) is 0 Å². The van der Waals surface area contributed by atoms with Crippen molar-refractivity contribution in [1.29, 1.82) is 0 Å². The van der Waals surface area contributed by atoms with Crippen molar-refractivity contribution in [3.8, 4) is 0 Å². The second kappa shape index (κ2) is 11.2. The van der Waals surface area contributed by atoms with Crippen LogP contribution in [0.3, 0.4) is 0 Å². The van der Waals surface area contributed by atoms with Crippen molar-refractivity contribution < 1.29 is 8.39 Å². The third-order valence-corrected chi connectivity index (χ3v) is 4.16. The Balaban J connectivity index is 1.95. The molecule has 0 heterocycles. The summed E-state index contributed by atoms with van der Waals surface area (Å²) in [6, 6.07) is 9.35. The van der Waals surface area contributed by atoms with E-state index in [9.17, 15) is 4.21 Å². The van der Waals surface area contributed by atoms with Crippen molar-refractivity contribution in [3.05, 3.63) is 30.3 Å². The van der Waals surface area contributed by atoms with Crippen LogP contribution in [0.25, 0.3) is 0 Å². The highest BCUT2D eigenvalue weighted by atomic mass is 32.2. The van der Waals surface area contributed by atoms with Crippen molar-refractivity contribution in [3.63, 3.8) is 0 Å². The van der Waals surface area contributed by atoms with E-state index < -0.39 is 11.1 Å². The van der Waals surface area contributed by atoms with Crippen LogP contribution in [0.15, 0.2) is 35.2 Å². The smallest absolute Gasteiger partial charge is 0.189 e. The summed E-state index contributed by atoms with van der Waals surface area (Å²) in [6.07, 6.45) is 10.2. The van der Waals surface area contributed by atoms with E-state index in [2.05, 4.69) is 6.92 Å². The lowest BCUT2D eigenvalue weighted by molar-refractivity contribution is 0.332. The van der Waals surface area contributed by atoms with Crippen LogP contribution in [-0.2, 0) is 15.3 Å². The number of unbranched alkanes of at least 4 members (excludes halogenated alkanes) is 7. The quantitative estimate of drug-likeness (QED) is 0.541. The van der Waals surface area contributed by atoms with E-state index in [1.807, 2.05) is 30.3 Å². The summed E-state index contributed by atoms with van der Waals surface area (Å²) >= 11 is -1.29. The molecule has 0 saturated carbocycles. The van der Waals surface area contributed by atoms with Crippen molar-refractivity contribution in [2.24, 2.45) is 0 Å². The van der Waals surface area contributed by atoms with Crippen LogP contribution in [0.5, 0.6) is 0 Å². The molecular formula is C16H26O2S. The van der Waals surface area contributed by atoms with Gasteiger partial charge in [-0.25, -0.2) is 4.21 Å². The summed E-state index contributed by atoms with van der Waals surface area (Å²) in [4.78, 5) is 0.752. The van der Waals surface area contributed by atoms with Crippen LogP contribution in [0.4, 0.5) is 0 Å². The van der Waals surface area contributed by atoms with Gasteiger partial charge in [-0.15, -0.1) is 0 Å². The largest absolute Gasteiger partial charge is 0.287 e. The van der Waals surface area contributed by atoms with Crippen LogP contribution >= 0.6 is 0 Å². The Bertz CT molecular complexity index is 338. The molecule has 1 aromatic rings. The zero-order valence-electron chi connectivity index (χ0n) is 12.0. The normalized spacial score (nSPS) is 12.5. The molecule has 1 atom stereocenters. The van der Waals surface area contributed by atoms with Crippen molar-refractivity contribution >= 4 is 11.1 Å². The minimum atomic E-state index is -1.29. The molecule has 108 valence electrons. The Morgan fingerprint density at radius 1 is 0.895 bits per heavy atom. The molecule has 0 aromatic heterocycles. The van der Waals surface area contributed by atoms with E-state index in [-0.39, 0.29) is 0 Å². The molecule has 19 heavy (non-hydrogen) atoms. The van der Waals surface area contributed by atoms with Gasteiger partial charge in [0.05, 0.1) is 11.5 Å². The Kier molecular flexibility index (Phi) is 9.64. The van der Waals surface area contributed by atoms with Crippen LogP contribution in [-0.4, -0.2) is 10.8 Å². The summed E-state index contributed by atoms with van der Waals surface area (Å²) in [5.41, 5.74) is 0. The van der Waals surface area contributed by atoms with Gasteiger partial charge in [-0.05, 0) is 18.6 Å². The summed E-state index contributed by atoms with van der Waals surface area (Å²) in [5, 5.41) is 0. The minimum Gasteiger partial charge on any atom is -0.287 e. The second-order valence-electron chi connectivity index (χ2n) is 4.84. The van der Waals surface area contributed by atoms with Gasteiger partial charge in [-0.1, -0.05) is 70.1 Å². The first-order valence-electron chi connectivity index (χ1n) is 7.44. The highest BCUT2D eigenvalue weighted by molar-refractivity contribution is 7.80. The fourth-order valence-electron chi connectivity index (χ4n) is 1.97. The maximum Gasteiger partial charge on any atom is 0.189 e. The molecule has 0 spiro atoms. The molecule has 0 saturated heterocycles. The van der Waals surface area contributed by atoms with Crippen molar-refractivity contribution in [1.82, 2.24) is 0 Å². The van der Waals surface area contributed by atoms with Gasteiger partial charge in [0, 0.05) is 0 Å². The lowest BCUT2D eigenvalue weighted by Gasteiger charge is -2.04. The van der Waals surface area contributed by atoms with Crippen molar-refractivity contribution in [2.45, 2.75) is 63.2 Å². The summed E-state index contributed by atoms with van der Waals surface area (Å²) in [7, 11) is 0. The molecule has 0 bridgehead atoms. The minimum absolute atomic E-state index is 0.594. The fraction of sp³-hybridized carbons (Fsp3) is 0.625. The van der Waals surface area contributed by atoms with Crippen LogP contribution in [0.1, 0.15) is 58.3 Å². The lowest BCUT2D eigenvalue weighted by Crippen LogP contribution is -1.99. The summed E-state index contributed by atoms with van der Waals surface area (Å²) in [6.45, 7) is 2.83. The Morgan fingerprint density at radius 3 is 2.11 bits per heavy atom. The highest BCUT2D eigenvalue weighted by Crippen LogP contribution is 2.10. The van der Waals surface area contributed by atoms with Gasteiger partial charge in [0.2, 0.25) is 0 Å². The second-order valence-corrected chi connectivity index (χ2v) is 6.02. The first-order chi connectivity index (χ1) is 9.34. The standard InChI is InChI=1S/C16H26O2S/c1-2-3-4-5-6-7-8-12-15-18-19(17)16-13-10-9-11-14-16/h9-11,13-14H,2-8,12,15H2,1H3. The number of rotatable bonds is 11. The Labute approximate surface area is 120 Å². The molecule has 0 fully saturated rings. The average Bonchev–Trinajstić information content (AvgIpc) is 2.46. The molecule has 3 heteroatoms. The molecule has 0 radical (unpaired) electrons. The zero-order valence-corrected chi connectivity index (χ0v) is 12.8. The van der Waals surface area contributed by atoms with Gasteiger partial charge >= 0.3 is 0 Å². The van der Waals surface area contributed by atoms with Gasteiger partial charge < -0.3 is 0 Å². The predicted molar refractivity (Wildman–Crippen MR) is 81.4 cm³/mol. The molecule has 0 aliphatic heterocycles. The van der Waals surface area contributed by atoms with Gasteiger partial charge in [-0.2, -0.15) is 0 Å². The van der Waals surface area contributed by atoms with Gasteiger partial charge in [0.15, 0.2) is 11.1 Å². The third kappa shape index (κ3) is 8.17. The number of benzene rings is 1. The average molecular weight is 282 g/mol. The molecule has 2 nitrogen and oxygen atoms in total. The van der Waals surface area contributed by atoms with E-state index in [0.29, 0.717) is 6.61 Å². The van der Waals surface area contributed by atoms with E-state index in [4.69, 9.17) is 4.18 Å². The Morgan fingerprint density at radius 2 is 1.47 bits per heavy atom. The maximum absolute atomic E-state index is 11.7. The molecule has 1 rings (SSSR count). The van der Waals surface area contributed by atoms with Crippen LogP contribution in [0, 0.1) is 0 Å². The maximum atomic E-state index is 11.7. The lowest BCUT2D eigenvalue weighted by atomic mass is 10.1. The first-order valence-corrected chi connectivity index (χ1v) is 8.52. The number of hydrogen-bond acceptors (Lipinski definition) is 2. The van der Waals surface area contributed by atoms with Gasteiger partial charge in [-0.3, -0.25) is 4.18 Å². The molecule has 1 aromatic carbocycles. The van der Waals surface area contributed by atoms with E-state index in [0.717, 1.165) is 11.3 Å². The molecular weight excluding hydrogens is 256 g/mol. The van der Waals surface area contributed by atoms with Gasteiger partial charge in [0.25, 0.3) is 0 Å². The molecule has 0 amide bonds. The predicted octanol–water partition coefficient (Wildman–Crippen LogP) is 4.87. The molecule has 1 unspecified atom stereocenters. The highest BCUT2D eigenvalue weighted by Gasteiger charge is 2.02. The van der Waals surface area contributed by atoms with Crippen LogP contribution in [0.2, 0.25) is 0 Å². The van der Waals surface area contributed by atoms with E-state index in [1.54, 1.807) is 0 Å². The van der Waals surface area contributed by atoms with E-state index in [1.165, 1.54) is 44.9 Å². The van der Waals surface area contributed by atoms with E-state index >= 15 is 0 Å². The Hall–Kier alpha value is -0.670. The summed E-state index contributed by atoms with van der Waals surface area (Å²) in [5.74, 6) is 0. The first kappa shape index (κ1) is 16.4. The monoisotopic (exact) mass is 282 g/mol.